The Morgan fingerprint density at radius 3 is 3.08 bits per heavy atom. The van der Waals surface area contributed by atoms with Crippen molar-refractivity contribution in [3.05, 3.63) is 35.1 Å². The molecule has 0 bridgehead atoms. The lowest BCUT2D eigenvalue weighted by Crippen LogP contribution is -1.94. The van der Waals surface area contributed by atoms with Gasteiger partial charge in [0.2, 0.25) is 0 Å². The van der Waals surface area contributed by atoms with Crippen molar-refractivity contribution in [1.82, 2.24) is 0 Å². The average molecular weight is 164 g/mol. The van der Waals surface area contributed by atoms with E-state index in [2.05, 4.69) is 6.92 Å². The number of rotatable bonds is 1. The lowest BCUT2D eigenvalue weighted by Gasteiger charge is -2.08. The van der Waals surface area contributed by atoms with Crippen molar-refractivity contribution < 1.29 is 4.39 Å². The summed E-state index contributed by atoms with van der Waals surface area (Å²) < 4.78 is 13.3. The Morgan fingerprint density at radius 2 is 2.33 bits per heavy atom. The van der Waals surface area contributed by atoms with Crippen molar-refractivity contribution in [2.45, 2.75) is 32.1 Å². The molecule has 1 aliphatic carbocycles. The van der Waals surface area contributed by atoms with E-state index in [1.165, 1.54) is 5.56 Å². The molecule has 1 heteroatoms. The van der Waals surface area contributed by atoms with Crippen LogP contribution in [-0.2, 0) is 6.42 Å². The van der Waals surface area contributed by atoms with Crippen LogP contribution in [0.4, 0.5) is 4.39 Å². The van der Waals surface area contributed by atoms with Gasteiger partial charge in [0.15, 0.2) is 0 Å². The van der Waals surface area contributed by atoms with Gasteiger partial charge in [0.25, 0.3) is 0 Å². The zero-order valence-corrected chi connectivity index (χ0v) is 7.31. The van der Waals surface area contributed by atoms with Gasteiger partial charge in [-0.2, -0.15) is 0 Å². The van der Waals surface area contributed by atoms with Gasteiger partial charge in [0.05, 0.1) is 0 Å². The molecule has 0 radical (unpaired) electrons. The van der Waals surface area contributed by atoms with E-state index in [-0.39, 0.29) is 5.82 Å². The van der Waals surface area contributed by atoms with Crippen LogP contribution in [0.2, 0.25) is 0 Å². The molecule has 0 N–H and O–H groups in total. The highest BCUT2D eigenvalue weighted by Gasteiger charge is 2.23. The number of hydrogen-bond donors (Lipinski definition) is 0. The van der Waals surface area contributed by atoms with Gasteiger partial charge in [-0.25, -0.2) is 4.39 Å². The van der Waals surface area contributed by atoms with Crippen LogP contribution in [0.15, 0.2) is 18.2 Å². The molecular weight excluding hydrogens is 151 g/mol. The summed E-state index contributed by atoms with van der Waals surface area (Å²) >= 11 is 0. The van der Waals surface area contributed by atoms with E-state index in [1.54, 1.807) is 6.07 Å². The topological polar surface area (TPSA) is 0 Å². The molecule has 64 valence electrons. The standard InChI is InChI=1S/C11H13F/c1-2-8-6-7-9-4-3-5-10(12)11(8)9/h3-5,8H,2,6-7H2,1H3. The first-order chi connectivity index (χ1) is 5.83. The minimum absolute atomic E-state index is 0.00292. The Bertz CT molecular complexity index is 291. The van der Waals surface area contributed by atoms with Crippen molar-refractivity contribution in [3.63, 3.8) is 0 Å². The lowest BCUT2D eigenvalue weighted by molar-refractivity contribution is 0.574. The Kier molecular flexibility index (Phi) is 1.87. The largest absolute Gasteiger partial charge is 0.207 e. The number of aryl methyl sites for hydroxylation is 1. The Labute approximate surface area is 72.4 Å². The molecule has 0 amide bonds. The summed E-state index contributed by atoms with van der Waals surface area (Å²) in [6, 6.07) is 5.44. The summed E-state index contributed by atoms with van der Waals surface area (Å²) in [5, 5.41) is 0. The molecule has 0 nitrogen and oxygen atoms in total. The fraction of sp³-hybridized carbons (Fsp3) is 0.455. The monoisotopic (exact) mass is 164 g/mol. The highest BCUT2D eigenvalue weighted by atomic mass is 19.1. The number of hydrogen-bond acceptors (Lipinski definition) is 0. The first-order valence-corrected chi connectivity index (χ1v) is 4.60. The molecular formula is C11H13F. The molecule has 0 aromatic heterocycles. The second-order valence-corrected chi connectivity index (χ2v) is 3.46. The number of fused-ring (bicyclic) bond motifs is 1. The van der Waals surface area contributed by atoms with E-state index in [9.17, 15) is 4.39 Å². The quantitative estimate of drug-likeness (QED) is 0.597. The predicted molar refractivity (Wildman–Crippen MR) is 47.8 cm³/mol. The van der Waals surface area contributed by atoms with Gasteiger partial charge >= 0.3 is 0 Å². The van der Waals surface area contributed by atoms with Gasteiger partial charge in [0.1, 0.15) is 5.82 Å². The molecule has 1 aromatic carbocycles. The Hall–Kier alpha value is -0.850. The van der Waals surface area contributed by atoms with Crippen LogP contribution in [0.5, 0.6) is 0 Å². The van der Waals surface area contributed by atoms with Gasteiger partial charge in [0, 0.05) is 0 Å². The fourth-order valence-corrected chi connectivity index (χ4v) is 2.14. The van der Waals surface area contributed by atoms with Crippen LogP contribution in [0.25, 0.3) is 0 Å². The summed E-state index contributed by atoms with van der Waals surface area (Å²) in [5.41, 5.74) is 2.21. The molecule has 1 aliphatic rings. The Morgan fingerprint density at radius 1 is 1.50 bits per heavy atom. The maximum atomic E-state index is 13.3. The molecule has 0 heterocycles. The molecule has 0 aliphatic heterocycles. The minimum Gasteiger partial charge on any atom is -0.207 e. The van der Waals surface area contributed by atoms with E-state index in [4.69, 9.17) is 0 Å². The van der Waals surface area contributed by atoms with Crippen molar-refractivity contribution in [2.75, 3.05) is 0 Å². The van der Waals surface area contributed by atoms with Gasteiger partial charge in [-0.15, -0.1) is 0 Å². The zero-order valence-electron chi connectivity index (χ0n) is 7.31. The van der Waals surface area contributed by atoms with Gasteiger partial charge in [-0.3, -0.25) is 0 Å². The third kappa shape index (κ3) is 1.04. The molecule has 1 aromatic rings. The maximum Gasteiger partial charge on any atom is 0.126 e. The van der Waals surface area contributed by atoms with Crippen LogP contribution in [0, 0.1) is 5.82 Å². The van der Waals surface area contributed by atoms with Crippen LogP contribution in [0.3, 0.4) is 0 Å². The highest BCUT2D eigenvalue weighted by molar-refractivity contribution is 5.35. The first-order valence-electron chi connectivity index (χ1n) is 4.60. The van der Waals surface area contributed by atoms with E-state index >= 15 is 0 Å². The molecule has 0 saturated heterocycles. The molecule has 0 spiro atoms. The van der Waals surface area contributed by atoms with Crippen molar-refractivity contribution in [2.24, 2.45) is 0 Å². The fourth-order valence-electron chi connectivity index (χ4n) is 2.14. The van der Waals surface area contributed by atoms with Crippen molar-refractivity contribution >= 4 is 0 Å². The lowest BCUT2D eigenvalue weighted by atomic mass is 9.98. The second kappa shape index (κ2) is 2.89. The van der Waals surface area contributed by atoms with E-state index < -0.39 is 0 Å². The maximum absolute atomic E-state index is 13.3. The van der Waals surface area contributed by atoms with Gasteiger partial charge in [-0.1, -0.05) is 19.1 Å². The van der Waals surface area contributed by atoms with Crippen LogP contribution < -0.4 is 0 Å². The smallest absolute Gasteiger partial charge is 0.126 e. The summed E-state index contributed by atoms with van der Waals surface area (Å²) in [5.74, 6) is 0.470. The highest BCUT2D eigenvalue weighted by Crippen LogP contribution is 2.36. The van der Waals surface area contributed by atoms with Crippen molar-refractivity contribution in [1.29, 1.82) is 0 Å². The van der Waals surface area contributed by atoms with E-state index in [1.807, 2.05) is 12.1 Å². The predicted octanol–water partition coefficient (Wildman–Crippen LogP) is 3.27. The SMILES string of the molecule is CCC1CCc2cccc(F)c21. The second-order valence-electron chi connectivity index (χ2n) is 3.46. The summed E-state index contributed by atoms with van der Waals surface area (Å²) in [6.45, 7) is 2.13. The molecule has 0 saturated carbocycles. The summed E-state index contributed by atoms with van der Waals surface area (Å²) in [7, 11) is 0. The molecule has 0 fully saturated rings. The summed E-state index contributed by atoms with van der Waals surface area (Å²) in [6.07, 6.45) is 3.26. The molecule has 1 unspecified atom stereocenters. The van der Waals surface area contributed by atoms with Crippen LogP contribution >= 0.6 is 0 Å². The van der Waals surface area contributed by atoms with Crippen LogP contribution in [-0.4, -0.2) is 0 Å². The van der Waals surface area contributed by atoms with Gasteiger partial charge < -0.3 is 0 Å². The molecule has 1 atom stereocenters. The molecule has 12 heavy (non-hydrogen) atoms. The summed E-state index contributed by atoms with van der Waals surface area (Å²) in [4.78, 5) is 0. The normalized spacial score (nSPS) is 21.0. The van der Waals surface area contributed by atoms with E-state index in [0.29, 0.717) is 5.92 Å². The van der Waals surface area contributed by atoms with Crippen molar-refractivity contribution in [3.8, 4) is 0 Å². The van der Waals surface area contributed by atoms with Gasteiger partial charge in [-0.05, 0) is 42.4 Å². The number of benzene rings is 1. The van der Waals surface area contributed by atoms with Crippen LogP contribution in [0.1, 0.15) is 36.8 Å². The first kappa shape index (κ1) is 7.78. The number of halogens is 1. The third-order valence-electron chi connectivity index (χ3n) is 2.81. The average Bonchev–Trinajstić information content (AvgIpc) is 2.49. The molecule has 2 rings (SSSR count). The van der Waals surface area contributed by atoms with E-state index in [0.717, 1.165) is 24.8 Å². The zero-order chi connectivity index (χ0) is 8.55. The Balaban J connectivity index is 2.48. The third-order valence-corrected chi connectivity index (χ3v) is 2.81. The minimum atomic E-state index is -0.00292.